The Hall–Kier alpha value is -4.87. The van der Waals surface area contributed by atoms with Gasteiger partial charge in [0.1, 0.15) is 11.3 Å². The number of fused-ring (bicyclic) bond motifs is 1. The summed E-state index contributed by atoms with van der Waals surface area (Å²) < 4.78 is 49.9. The molecule has 4 fully saturated rings. The molecule has 3 aliphatic heterocycles. The molecule has 2 aromatic carbocycles. The number of carbonyl (C=O) groups excluding carboxylic acids is 1. The molecule has 1 saturated carbocycles. The Balaban J connectivity index is 1.27. The molecule has 0 radical (unpaired) electrons. The first-order valence-electron chi connectivity index (χ1n) is 17.3. The summed E-state index contributed by atoms with van der Waals surface area (Å²) in [7, 11) is 0. The Morgan fingerprint density at radius 1 is 1.06 bits per heavy atom. The van der Waals surface area contributed by atoms with Crippen LogP contribution < -0.4 is 14.5 Å². The van der Waals surface area contributed by atoms with E-state index < -0.39 is 12.8 Å². The van der Waals surface area contributed by atoms with Crippen LogP contribution in [0, 0.1) is 17.7 Å². The molecule has 0 unspecified atom stereocenters. The normalized spacial score (nSPS) is 19.0. The average Bonchev–Trinajstić information content (AvgIpc) is 3.78. The molecule has 8 rings (SSSR count). The smallest absolute Gasteiger partial charge is 0.422 e. The van der Waals surface area contributed by atoms with E-state index >= 15 is 0 Å². The second-order valence-corrected chi connectivity index (χ2v) is 14.3. The summed E-state index contributed by atoms with van der Waals surface area (Å²) in [6, 6.07) is 11.9. The van der Waals surface area contributed by atoms with Crippen LogP contribution in [-0.2, 0) is 4.79 Å². The summed E-state index contributed by atoms with van der Waals surface area (Å²) >= 11 is 0. The molecule has 0 atom stereocenters. The molecule has 1 aliphatic carbocycles. The fourth-order valence-corrected chi connectivity index (χ4v) is 7.99. The molecule has 1 spiro atoms. The lowest BCUT2D eigenvalue weighted by atomic mass is 9.72. The summed E-state index contributed by atoms with van der Waals surface area (Å²) in [5.74, 6) is 1.36. The summed E-state index contributed by atoms with van der Waals surface area (Å²) in [4.78, 5) is 28.5. The zero-order valence-corrected chi connectivity index (χ0v) is 28.0. The van der Waals surface area contributed by atoms with Crippen LogP contribution in [0.15, 0.2) is 61.4 Å². The number of halogens is 3. The van der Waals surface area contributed by atoms with Gasteiger partial charge >= 0.3 is 6.18 Å². The van der Waals surface area contributed by atoms with E-state index in [-0.39, 0.29) is 29.0 Å². The Labute approximate surface area is 288 Å². The van der Waals surface area contributed by atoms with Gasteiger partial charge in [-0.05, 0) is 79.5 Å². The number of ether oxygens (including phenoxy) is 1. The second kappa shape index (κ2) is 12.2. The number of carbonyl (C=O) groups is 1. The third-order valence-electron chi connectivity index (χ3n) is 10.9. The van der Waals surface area contributed by atoms with Gasteiger partial charge in [-0.15, -0.1) is 0 Å². The van der Waals surface area contributed by atoms with Crippen molar-refractivity contribution in [2.75, 3.05) is 55.7 Å². The maximum absolute atomic E-state index is 14.0. The highest BCUT2D eigenvalue weighted by molar-refractivity contribution is 6.03. The maximum atomic E-state index is 14.0. The van der Waals surface area contributed by atoms with Crippen molar-refractivity contribution >= 4 is 34.8 Å². The first-order chi connectivity index (χ1) is 24.1. The van der Waals surface area contributed by atoms with Gasteiger partial charge in [-0.3, -0.25) is 4.79 Å². The zero-order chi connectivity index (χ0) is 34.8. The van der Waals surface area contributed by atoms with Gasteiger partial charge in [-0.2, -0.15) is 18.2 Å². The number of likely N-dealkylation sites (tertiary alicyclic amines) is 1. The van der Waals surface area contributed by atoms with Crippen molar-refractivity contribution in [3.05, 3.63) is 78.1 Å². The van der Waals surface area contributed by atoms with Crippen LogP contribution in [0.2, 0.25) is 0 Å². The number of alkyl halides is 3. The fourth-order valence-electron chi connectivity index (χ4n) is 7.99. The topological polar surface area (TPSA) is 90.6 Å². The summed E-state index contributed by atoms with van der Waals surface area (Å²) in [6.07, 6.45) is 5.66. The molecular formula is C38H40F3N7O2. The minimum atomic E-state index is -4.57. The van der Waals surface area contributed by atoms with Gasteiger partial charge in [-0.1, -0.05) is 24.8 Å². The predicted molar refractivity (Wildman–Crippen MR) is 187 cm³/mol. The van der Waals surface area contributed by atoms with E-state index in [9.17, 15) is 18.0 Å². The number of benzene rings is 2. The van der Waals surface area contributed by atoms with Crippen molar-refractivity contribution in [2.24, 2.45) is 5.41 Å². The maximum Gasteiger partial charge on any atom is 0.422 e. The summed E-state index contributed by atoms with van der Waals surface area (Å²) in [6.45, 7) is 8.21. The third kappa shape index (κ3) is 5.78. The molecule has 5 heterocycles. The van der Waals surface area contributed by atoms with E-state index in [0.717, 1.165) is 36.8 Å². The number of aromatic nitrogens is 3. The van der Waals surface area contributed by atoms with Crippen LogP contribution in [0.4, 0.5) is 24.9 Å². The average molecular weight is 684 g/mol. The summed E-state index contributed by atoms with van der Waals surface area (Å²) in [5, 5.41) is 8.89. The molecule has 1 amide bonds. The van der Waals surface area contributed by atoms with Crippen LogP contribution in [0.25, 0.3) is 22.0 Å². The minimum Gasteiger partial charge on any atom is -0.481 e. The molecule has 4 aliphatic rings. The quantitative estimate of drug-likeness (QED) is 0.153. The molecule has 260 valence electrons. The zero-order valence-electron chi connectivity index (χ0n) is 28.0. The van der Waals surface area contributed by atoms with Crippen molar-refractivity contribution in [1.29, 1.82) is 5.41 Å². The largest absolute Gasteiger partial charge is 0.481 e. The number of amides is 1. The van der Waals surface area contributed by atoms with E-state index in [1.165, 1.54) is 12.3 Å². The van der Waals surface area contributed by atoms with E-state index in [1.54, 1.807) is 0 Å². The van der Waals surface area contributed by atoms with Crippen LogP contribution in [0.5, 0.6) is 5.75 Å². The van der Waals surface area contributed by atoms with Gasteiger partial charge in [0.15, 0.2) is 12.4 Å². The van der Waals surface area contributed by atoms with Crippen molar-refractivity contribution in [3.63, 3.8) is 0 Å². The number of aryl methyl sites for hydroxylation is 1. The number of nitrogens with zero attached hydrogens (tertiary/aromatic N) is 6. The van der Waals surface area contributed by atoms with E-state index in [4.69, 9.17) is 20.1 Å². The monoisotopic (exact) mass is 683 g/mol. The van der Waals surface area contributed by atoms with Crippen LogP contribution in [0.1, 0.15) is 54.3 Å². The number of hydrogen-bond donors (Lipinski definition) is 1. The van der Waals surface area contributed by atoms with Crippen molar-refractivity contribution in [3.8, 4) is 16.9 Å². The van der Waals surface area contributed by atoms with Gasteiger partial charge in [0.25, 0.3) is 0 Å². The van der Waals surface area contributed by atoms with Crippen molar-refractivity contribution in [2.45, 2.75) is 50.7 Å². The Bertz CT molecular complexity index is 1970. The van der Waals surface area contributed by atoms with Gasteiger partial charge in [0.05, 0.1) is 6.04 Å². The minimum absolute atomic E-state index is 0.0452. The number of rotatable bonds is 9. The van der Waals surface area contributed by atoms with Gasteiger partial charge in [-0.25, -0.2) is 4.98 Å². The number of piperidine rings is 1. The molecule has 4 aromatic rings. The molecule has 2 aromatic heterocycles. The molecule has 50 heavy (non-hydrogen) atoms. The highest BCUT2D eigenvalue weighted by Gasteiger charge is 2.47. The highest BCUT2D eigenvalue weighted by Crippen LogP contribution is 2.53. The van der Waals surface area contributed by atoms with E-state index in [1.807, 2.05) is 54.5 Å². The van der Waals surface area contributed by atoms with Crippen LogP contribution >= 0.6 is 0 Å². The Kier molecular flexibility index (Phi) is 7.87. The van der Waals surface area contributed by atoms with Crippen molar-refractivity contribution < 1.29 is 22.7 Å². The van der Waals surface area contributed by atoms with Gasteiger partial charge < -0.3 is 29.4 Å². The Morgan fingerprint density at radius 2 is 1.78 bits per heavy atom. The van der Waals surface area contributed by atoms with Crippen molar-refractivity contribution in [1.82, 2.24) is 19.4 Å². The lowest BCUT2D eigenvalue weighted by Crippen LogP contribution is -2.61. The number of hydrogen-bond acceptors (Lipinski definition) is 7. The first-order valence-corrected chi connectivity index (χ1v) is 17.3. The molecular weight excluding hydrogens is 643 g/mol. The summed E-state index contributed by atoms with van der Waals surface area (Å²) in [5.41, 5.74) is 4.05. The first kappa shape index (κ1) is 32.3. The molecule has 9 nitrogen and oxygen atoms in total. The van der Waals surface area contributed by atoms with Gasteiger partial charge in [0, 0.05) is 79.8 Å². The van der Waals surface area contributed by atoms with Crippen LogP contribution in [-0.4, -0.2) is 83.6 Å². The predicted octanol–water partition coefficient (Wildman–Crippen LogP) is 6.90. The highest BCUT2D eigenvalue weighted by atomic mass is 19.4. The fraction of sp³-hybridized carbons (Fsp3) is 0.421. The molecule has 3 saturated heterocycles. The number of nitrogens with one attached hydrogen (secondary N) is 1. The van der Waals surface area contributed by atoms with Crippen LogP contribution in [0.3, 0.4) is 0 Å². The third-order valence-corrected chi connectivity index (χ3v) is 10.9. The lowest BCUT2D eigenvalue weighted by Gasteiger charge is -2.54. The lowest BCUT2D eigenvalue weighted by molar-refractivity contribution is -0.153. The standard InChI is InChI=1S/C38H40F3N7O2/c1-3-30(49)48-21-37(22-48)11-15-46(16-12-37)35-29-17-28(25-9-10-25)32(31-24(2)7-6-8-26(31)18-42)34(50-23-38(39,40)41)33(29)43-36(44-35)47-19-27(20-47)45-13-4-5-14-45/h3-8,13-14,17-18,25,27,42H,1,9-12,15-16,19-23H2,2H3. The molecule has 12 heteroatoms. The molecule has 0 bridgehead atoms. The SMILES string of the molecule is C=CC(=O)N1CC2(CCN(c3nc(N4CC(n5cccc5)C4)nc4c(OCC(F)(F)F)c(-c5c(C)cccc5C=N)c(C5CC5)cc34)CC2)C1. The number of anilines is 2. The van der Waals surface area contributed by atoms with Gasteiger partial charge in [0.2, 0.25) is 11.9 Å². The molecule has 1 N–H and O–H groups in total. The second-order valence-electron chi connectivity index (χ2n) is 14.3. The van der Waals surface area contributed by atoms with E-state index in [0.29, 0.717) is 78.6 Å². The Morgan fingerprint density at radius 3 is 2.42 bits per heavy atom. The van der Waals surface area contributed by atoms with E-state index in [2.05, 4.69) is 27.0 Å².